The van der Waals surface area contributed by atoms with Crippen LogP contribution in [-0.2, 0) is 4.79 Å². The van der Waals surface area contributed by atoms with E-state index in [-0.39, 0.29) is 18.5 Å². The Labute approximate surface area is 139 Å². The Hall–Kier alpha value is -2.83. The number of anilines is 1. The zero-order valence-corrected chi connectivity index (χ0v) is 13.4. The van der Waals surface area contributed by atoms with Crippen LogP contribution in [0, 0.1) is 11.8 Å². The monoisotopic (exact) mass is 328 g/mol. The van der Waals surface area contributed by atoms with Crippen LogP contribution in [0.1, 0.15) is 13.3 Å². The standard InChI is InChI=1S/C17H20N4O3/c1-12-9-13(16(22)23)11-20(10-12)17(24)19-14-3-5-15(6-4-14)21-8-2-7-18-21/h2-8,12-13H,9-11H2,1H3,(H,19,24)(H,22,23). The molecule has 1 saturated heterocycles. The first-order chi connectivity index (χ1) is 11.5. The van der Waals surface area contributed by atoms with Gasteiger partial charge in [-0.15, -0.1) is 0 Å². The number of aromatic nitrogens is 2. The van der Waals surface area contributed by atoms with Crippen LogP contribution >= 0.6 is 0 Å². The molecule has 1 aromatic carbocycles. The highest BCUT2D eigenvalue weighted by Crippen LogP contribution is 2.22. The van der Waals surface area contributed by atoms with Gasteiger partial charge < -0.3 is 15.3 Å². The van der Waals surface area contributed by atoms with Crippen molar-refractivity contribution in [3.05, 3.63) is 42.7 Å². The van der Waals surface area contributed by atoms with Crippen LogP contribution in [0.3, 0.4) is 0 Å². The molecule has 7 heteroatoms. The minimum atomic E-state index is -0.845. The van der Waals surface area contributed by atoms with Crippen LogP contribution < -0.4 is 5.32 Å². The van der Waals surface area contributed by atoms with Gasteiger partial charge in [0.15, 0.2) is 0 Å². The molecule has 2 amide bonds. The number of piperidine rings is 1. The van der Waals surface area contributed by atoms with Crippen molar-refractivity contribution in [1.29, 1.82) is 0 Å². The number of benzene rings is 1. The minimum absolute atomic E-state index is 0.174. The molecular formula is C17H20N4O3. The molecule has 1 aromatic heterocycles. The largest absolute Gasteiger partial charge is 0.481 e. The number of carbonyl (C=O) groups excluding carboxylic acids is 1. The molecule has 2 aromatic rings. The second-order valence-electron chi connectivity index (χ2n) is 6.21. The molecule has 7 nitrogen and oxygen atoms in total. The van der Waals surface area contributed by atoms with Crippen LogP contribution in [0.5, 0.6) is 0 Å². The van der Waals surface area contributed by atoms with Crippen molar-refractivity contribution in [3.8, 4) is 5.69 Å². The van der Waals surface area contributed by atoms with Crippen LogP contribution in [0.4, 0.5) is 10.5 Å². The molecule has 2 N–H and O–H groups in total. The predicted molar refractivity (Wildman–Crippen MR) is 89.1 cm³/mol. The SMILES string of the molecule is CC1CC(C(=O)O)CN(C(=O)Nc2ccc(-n3cccn3)cc2)C1. The van der Waals surface area contributed by atoms with E-state index in [9.17, 15) is 14.7 Å². The summed E-state index contributed by atoms with van der Waals surface area (Å²) >= 11 is 0. The number of likely N-dealkylation sites (tertiary alicyclic amines) is 1. The number of hydrogen-bond acceptors (Lipinski definition) is 3. The summed E-state index contributed by atoms with van der Waals surface area (Å²) in [7, 11) is 0. The van der Waals surface area contributed by atoms with Crippen molar-refractivity contribution in [2.24, 2.45) is 11.8 Å². The zero-order valence-electron chi connectivity index (χ0n) is 13.4. The number of amides is 2. The van der Waals surface area contributed by atoms with E-state index < -0.39 is 11.9 Å². The molecule has 0 saturated carbocycles. The lowest BCUT2D eigenvalue weighted by molar-refractivity contribution is -0.143. The van der Waals surface area contributed by atoms with Crippen LogP contribution in [0.25, 0.3) is 5.69 Å². The van der Waals surface area contributed by atoms with E-state index in [1.54, 1.807) is 27.9 Å². The van der Waals surface area contributed by atoms with Crippen molar-refractivity contribution in [3.63, 3.8) is 0 Å². The molecule has 126 valence electrons. The first kappa shape index (κ1) is 16.0. The van der Waals surface area contributed by atoms with Crippen molar-refractivity contribution >= 4 is 17.7 Å². The molecule has 3 rings (SSSR count). The van der Waals surface area contributed by atoms with Gasteiger partial charge in [0, 0.05) is 31.2 Å². The fourth-order valence-corrected chi connectivity index (χ4v) is 3.02. The summed E-state index contributed by atoms with van der Waals surface area (Å²) < 4.78 is 1.73. The van der Waals surface area contributed by atoms with Crippen molar-refractivity contribution < 1.29 is 14.7 Å². The van der Waals surface area contributed by atoms with Gasteiger partial charge >= 0.3 is 12.0 Å². The Morgan fingerprint density at radius 1 is 1.25 bits per heavy atom. The molecule has 2 unspecified atom stereocenters. The lowest BCUT2D eigenvalue weighted by Gasteiger charge is -2.34. The summed E-state index contributed by atoms with van der Waals surface area (Å²) in [6.07, 6.45) is 4.15. The number of carboxylic acid groups (broad SMARTS) is 1. The van der Waals surface area contributed by atoms with Crippen LogP contribution in [0.2, 0.25) is 0 Å². The molecule has 24 heavy (non-hydrogen) atoms. The maximum Gasteiger partial charge on any atom is 0.321 e. The number of carbonyl (C=O) groups is 2. The fraction of sp³-hybridized carbons (Fsp3) is 0.353. The smallest absolute Gasteiger partial charge is 0.321 e. The molecule has 1 aliphatic heterocycles. The molecule has 2 heterocycles. The number of aliphatic carboxylic acids is 1. The van der Waals surface area contributed by atoms with Crippen molar-refractivity contribution in [2.45, 2.75) is 13.3 Å². The number of rotatable bonds is 3. The maximum atomic E-state index is 12.4. The summed E-state index contributed by atoms with van der Waals surface area (Å²) in [5.74, 6) is -1.17. The van der Waals surface area contributed by atoms with E-state index in [0.717, 1.165) is 5.69 Å². The Morgan fingerprint density at radius 2 is 2.00 bits per heavy atom. The van der Waals surface area contributed by atoms with Crippen molar-refractivity contribution in [1.82, 2.24) is 14.7 Å². The third kappa shape index (κ3) is 3.56. The number of nitrogens with one attached hydrogen (secondary N) is 1. The summed E-state index contributed by atoms with van der Waals surface area (Å²) in [5.41, 5.74) is 1.57. The molecule has 0 radical (unpaired) electrons. The summed E-state index contributed by atoms with van der Waals surface area (Å²) in [6.45, 7) is 2.78. The second-order valence-corrected chi connectivity index (χ2v) is 6.21. The summed E-state index contributed by atoms with van der Waals surface area (Å²) in [4.78, 5) is 25.2. The van der Waals surface area contributed by atoms with E-state index in [0.29, 0.717) is 18.7 Å². The topological polar surface area (TPSA) is 87.5 Å². The first-order valence-corrected chi connectivity index (χ1v) is 7.91. The highest BCUT2D eigenvalue weighted by Gasteiger charge is 2.31. The molecule has 0 bridgehead atoms. The van der Waals surface area contributed by atoms with Gasteiger partial charge in [-0.25, -0.2) is 9.48 Å². The maximum absolute atomic E-state index is 12.4. The van der Waals surface area contributed by atoms with Gasteiger partial charge in [-0.05, 0) is 42.7 Å². The summed E-state index contributed by atoms with van der Waals surface area (Å²) in [5, 5.41) is 16.2. The Morgan fingerprint density at radius 3 is 2.62 bits per heavy atom. The first-order valence-electron chi connectivity index (χ1n) is 7.91. The molecule has 2 atom stereocenters. The van der Waals surface area contributed by atoms with Gasteiger partial charge in [-0.2, -0.15) is 5.10 Å². The van der Waals surface area contributed by atoms with E-state index in [4.69, 9.17) is 0 Å². The normalized spacial score (nSPS) is 20.6. The third-order valence-electron chi connectivity index (χ3n) is 4.18. The minimum Gasteiger partial charge on any atom is -0.481 e. The second kappa shape index (κ2) is 6.74. The zero-order chi connectivity index (χ0) is 17.1. The molecule has 1 fully saturated rings. The van der Waals surface area contributed by atoms with Gasteiger partial charge in [0.1, 0.15) is 0 Å². The highest BCUT2D eigenvalue weighted by atomic mass is 16.4. The molecule has 1 aliphatic rings. The van der Waals surface area contributed by atoms with E-state index in [2.05, 4.69) is 10.4 Å². The summed E-state index contributed by atoms with van der Waals surface area (Å²) in [6, 6.07) is 8.91. The van der Waals surface area contributed by atoms with Gasteiger partial charge in [0.2, 0.25) is 0 Å². The van der Waals surface area contributed by atoms with Gasteiger partial charge in [-0.3, -0.25) is 4.79 Å². The Balaban J connectivity index is 1.65. The quantitative estimate of drug-likeness (QED) is 0.906. The average molecular weight is 328 g/mol. The number of hydrogen-bond donors (Lipinski definition) is 2. The Kier molecular flexibility index (Phi) is 4.50. The number of carboxylic acids is 1. The van der Waals surface area contributed by atoms with E-state index in [1.165, 1.54) is 0 Å². The van der Waals surface area contributed by atoms with Crippen LogP contribution in [-0.4, -0.2) is 44.9 Å². The predicted octanol–water partition coefficient (Wildman–Crippen LogP) is 2.45. The van der Waals surface area contributed by atoms with E-state index >= 15 is 0 Å². The van der Waals surface area contributed by atoms with Gasteiger partial charge in [0.25, 0.3) is 0 Å². The highest BCUT2D eigenvalue weighted by molar-refractivity contribution is 5.89. The van der Waals surface area contributed by atoms with Crippen molar-refractivity contribution in [2.75, 3.05) is 18.4 Å². The third-order valence-corrected chi connectivity index (χ3v) is 4.18. The van der Waals surface area contributed by atoms with E-state index in [1.807, 2.05) is 31.3 Å². The van der Waals surface area contributed by atoms with Gasteiger partial charge in [-0.1, -0.05) is 6.92 Å². The lowest BCUT2D eigenvalue weighted by atomic mass is 9.91. The molecular weight excluding hydrogens is 308 g/mol. The lowest BCUT2D eigenvalue weighted by Crippen LogP contribution is -2.47. The molecule has 0 aliphatic carbocycles. The fourth-order valence-electron chi connectivity index (χ4n) is 3.02. The van der Waals surface area contributed by atoms with Crippen LogP contribution in [0.15, 0.2) is 42.7 Å². The number of nitrogens with zero attached hydrogens (tertiary/aromatic N) is 3. The van der Waals surface area contributed by atoms with Gasteiger partial charge in [0.05, 0.1) is 11.6 Å². The average Bonchev–Trinajstić information content (AvgIpc) is 3.09. The number of urea groups is 1. The Bertz CT molecular complexity index is 712. The molecule has 0 spiro atoms.